The third-order valence-corrected chi connectivity index (χ3v) is 2.98. The van der Waals surface area contributed by atoms with Crippen molar-refractivity contribution in [3.63, 3.8) is 0 Å². The molecular weight excluding hydrogens is 306 g/mol. The van der Waals surface area contributed by atoms with Gasteiger partial charge in [-0.25, -0.2) is 9.59 Å². The number of para-hydroxylation sites is 1. The highest BCUT2D eigenvalue weighted by Crippen LogP contribution is 2.21. The Morgan fingerprint density at radius 3 is 2.48 bits per heavy atom. The van der Waals surface area contributed by atoms with Crippen LogP contribution in [-0.2, 0) is 19.1 Å². The number of Topliss-reactive ketones (excluding diaryl/α,β-unsaturated/α-hetero) is 1. The lowest BCUT2D eigenvalue weighted by molar-refractivity contribution is -0.385. The van der Waals surface area contributed by atoms with Crippen molar-refractivity contribution in [3.8, 4) is 0 Å². The average Bonchev–Trinajstić information content (AvgIpc) is 2.51. The van der Waals surface area contributed by atoms with Crippen LogP contribution in [0, 0.1) is 10.1 Å². The van der Waals surface area contributed by atoms with Crippen LogP contribution in [0.2, 0.25) is 0 Å². The summed E-state index contributed by atoms with van der Waals surface area (Å²) in [6, 6.07) is 5.27. The fourth-order valence-corrected chi connectivity index (χ4v) is 1.59. The summed E-state index contributed by atoms with van der Waals surface area (Å²) in [5.41, 5.74) is -1.37. The number of hydrogen-bond donors (Lipinski definition) is 1. The third-order valence-electron chi connectivity index (χ3n) is 2.98. The van der Waals surface area contributed by atoms with E-state index in [2.05, 4.69) is 0 Å². The molecule has 1 aromatic rings. The summed E-state index contributed by atoms with van der Waals surface area (Å²) < 4.78 is 4.78. The van der Waals surface area contributed by atoms with E-state index >= 15 is 0 Å². The van der Waals surface area contributed by atoms with Gasteiger partial charge in [0, 0.05) is 6.07 Å². The molecule has 0 aliphatic heterocycles. The second-order valence-corrected chi connectivity index (χ2v) is 4.63. The van der Waals surface area contributed by atoms with Gasteiger partial charge in [0.15, 0.2) is 0 Å². The number of carboxylic acids is 1. The molecular formula is C15H15NO7. The van der Waals surface area contributed by atoms with Crippen molar-refractivity contribution >= 4 is 29.5 Å². The van der Waals surface area contributed by atoms with E-state index in [0.717, 1.165) is 12.1 Å². The van der Waals surface area contributed by atoms with Gasteiger partial charge in [-0.3, -0.25) is 14.9 Å². The smallest absolute Gasteiger partial charge is 0.380 e. The van der Waals surface area contributed by atoms with Crippen molar-refractivity contribution in [1.29, 1.82) is 0 Å². The first-order valence-corrected chi connectivity index (χ1v) is 6.71. The second-order valence-electron chi connectivity index (χ2n) is 4.63. The number of ketones is 1. The number of carbonyl (C=O) groups is 3. The molecule has 0 aliphatic carbocycles. The second kappa shape index (κ2) is 7.83. The first-order chi connectivity index (χ1) is 10.8. The molecule has 1 unspecified atom stereocenters. The van der Waals surface area contributed by atoms with Crippen LogP contribution < -0.4 is 0 Å². The maximum Gasteiger partial charge on any atom is 0.380 e. The van der Waals surface area contributed by atoms with Crippen molar-refractivity contribution in [3.05, 3.63) is 45.5 Å². The summed E-state index contributed by atoms with van der Waals surface area (Å²) in [6.45, 7) is 3.28. The summed E-state index contributed by atoms with van der Waals surface area (Å²) in [5, 5.41) is 20.0. The van der Waals surface area contributed by atoms with E-state index in [-0.39, 0.29) is 11.3 Å². The number of nitrogens with zero attached hydrogens (tertiary/aromatic N) is 1. The van der Waals surface area contributed by atoms with Gasteiger partial charge >= 0.3 is 11.9 Å². The predicted octanol–water partition coefficient (Wildman–Crippen LogP) is 1.97. The highest BCUT2D eigenvalue weighted by molar-refractivity contribution is 6.47. The highest BCUT2D eigenvalue weighted by Gasteiger charge is 2.28. The number of carboxylic acid groups (broad SMARTS) is 1. The maximum absolute atomic E-state index is 11.9. The van der Waals surface area contributed by atoms with Gasteiger partial charge in [0.2, 0.25) is 0 Å². The lowest BCUT2D eigenvalue weighted by atomic mass is 10.1. The van der Waals surface area contributed by atoms with Gasteiger partial charge in [0.25, 0.3) is 11.5 Å². The molecule has 0 aliphatic rings. The molecule has 0 radical (unpaired) electrons. The van der Waals surface area contributed by atoms with Gasteiger partial charge in [-0.2, -0.15) is 0 Å². The lowest BCUT2D eigenvalue weighted by Crippen LogP contribution is -2.26. The van der Waals surface area contributed by atoms with E-state index in [9.17, 15) is 24.5 Å². The van der Waals surface area contributed by atoms with Crippen molar-refractivity contribution < 1.29 is 29.2 Å². The number of ether oxygens (including phenoxy) is 1. The van der Waals surface area contributed by atoms with Crippen molar-refractivity contribution in [2.45, 2.75) is 26.4 Å². The molecule has 8 heteroatoms. The minimum absolute atomic E-state index is 0.0976. The van der Waals surface area contributed by atoms with Crippen LogP contribution in [0.4, 0.5) is 5.69 Å². The molecule has 0 bridgehead atoms. The quantitative estimate of drug-likeness (QED) is 0.155. The zero-order valence-electron chi connectivity index (χ0n) is 12.5. The zero-order chi connectivity index (χ0) is 17.6. The average molecular weight is 321 g/mol. The summed E-state index contributed by atoms with van der Waals surface area (Å²) in [4.78, 5) is 45.0. The first-order valence-electron chi connectivity index (χ1n) is 6.71. The number of nitro groups is 1. The van der Waals surface area contributed by atoms with Gasteiger partial charge in [-0.15, -0.1) is 0 Å². The van der Waals surface area contributed by atoms with Crippen molar-refractivity contribution in [2.75, 3.05) is 0 Å². The van der Waals surface area contributed by atoms with Crippen LogP contribution >= 0.6 is 0 Å². The monoisotopic (exact) mass is 321 g/mol. The highest BCUT2D eigenvalue weighted by atomic mass is 16.6. The topological polar surface area (TPSA) is 124 Å². The Morgan fingerprint density at radius 1 is 1.35 bits per heavy atom. The molecule has 0 amide bonds. The number of benzene rings is 1. The normalized spacial score (nSPS) is 12.3. The fourth-order valence-electron chi connectivity index (χ4n) is 1.59. The Hall–Kier alpha value is -3.03. The van der Waals surface area contributed by atoms with E-state index in [1.807, 2.05) is 0 Å². The van der Waals surface area contributed by atoms with Crippen LogP contribution in [-0.4, -0.2) is 33.9 Å². The van der Waals surface area contributed by atoms with Crippen molar-refractivity contribution in [2.24, 2.45) is 0 Å². The fraction of sp³-hybridized carbons (Fsp3) is 0.267. The SMILES string of the molecule is CCC(C)OC(=O)C(=O)C(=Cc1ccccc1[N+](=O)[O-])C(=O)O. The maximum atomic E-state index is 11.9. The zero-order valence-corrected chi connectivity index (χ0v) is 12.5. The Kier molecular flexibility index (Phi) is 6.13. The number of aliphatic carboxylic acids is 1. The first kappa shape index (κ1) is 18.0. The minimum atomic E-state index is -1.67. The third kappa shape index (κ3) is 4.73. The molecule has 0 saturated heterocycles. The molecule has 23 heavy (non-hydrogen) atoms. The molecule has 122 valence electrons. The largest absolute Gasteiger partial charge is 0.478 e. The van der Waals surface area contributed by atoms with Crippen LogP contribution in [0.3, 0.4) is 0 Å². The van der Waals surface area contributed by atoms with E-state index in [1.54, 1.807) is 13.8 Å². The van der Waals surface area contributed by atoms with E-state index in [4.69, 9.17) is 9.84 Å². The molecule has 0 aromatic heterocycles. The Bertz CT molecular complexity index is 678. The number of rotatable bonds is 7. The van der Waals surface area contributed by atoms with Crippen LogP contribution in [0.5, 0.6) is 0 Å². The standard InChI is InChI=1S/C15H15NO7/c1-3-9(2)23-15(20)13(17)11(14(18)19)8-10-6-4-5-7-12(10)16(21)22/h4-9H,3H2,1-2H3,(H,18,19). The Balaban J connectivity index is 3.22. The molecule has 8 nitrogen and oxygen atoms in total. The lowest BCUT2D eigenvalue weighted by Gasteiger charge is -2.10. The van der Waals surface area contributed by atoms with Gasteiger partial charge in [0.1, 0.15) is 5.57 Å². The summed E-state index contributed by atoms with van der Waals surface area (Å²) in [6.07, 6.45) is 0.697. The van der Waals surface area contributed by atoms with Gasteiger partial charge in [-0.05, 0) is 25.5 Å². The number of nitro benzene ring substituents is 1. The number of hydrogen-bond acceptors (Lipinski definition) is 6. The molecule has 1 atom stereocenters. The van der Waals surface area contributed by atoms with E-state index in [1.165, 1.54) is 18.2 Å². The predicted molar refractivity (Wildman–Crippen MR) is 79.6 cm³/mol. The number of esters is 1. The van der Waals surface area contributed by atoms with Crippen LogP contribution in [0.1, 0.15) is 25.8 Å². The molecule has 0 fully saturated rings. The molecule has 0 saturated carbocycles. The summed E-state index contributed by atoms with van der Waals surface area (Å²) >= 11 is 0. The summed E-state index contributed by atoms with van der Waals surface area (Å²) in [5.74, 6) is -4.35. The van der Waals surface area contributed by atoms with Gasteiger partial charge in [0.05, 0.1) is 16.6 Å². The molecule has 0 heterocycles. The van der Waals surface area contributed by atoms with Crippen LogP contribution in [0.15, 0.2) is 29.8 Å². The molecule has 1 rings (SSSR count). The summed E-state index contributed by atoms with van der Waals surface area (Å²) in [7, 11) is 0. The van der Waals surface area contributed by atoms with Gasteiger partial charge in [-0.1, -0.05) is 19.1 Å². The number of carbonyl (C=O) groups excluding carboxylic acids is 2. The molecule has 0 spiro atoms. The molecule has 1 N–H and O–H groups in total. The Labute approximate surface area is 131 Å². The van der Waals surface area contributed by atoms with Crippen molar-refractivity contribution in [1.82, 2.24) is 0 Å². The minimum Gasteiger partial charge on any atom is -0.478 e. The van der Waals surface area contributed by atoms with E-state index in [0.29, 0.717) is 6.42 Å². The van der Waals surface area contributed by atoms with Crippen LogP contribution in [0.25, 0.3) is 6.08 Å². The van der Waals surface area contributed by atoms with E-state index < -0.39 is 34.3 Å². The molecule has 1 aromatic carbocycles. The Morgan fingerprint density at radius 2 is 1.96 bits per heavy atom. The van der Waals surface area contributed by atoms with Gasteiger partial charge < -0.3 is 9.84 Å².